The van der Waals surface area contributed by atoms with E-state index in [1.807, 2.05) is 0 Å². The zero-order chi connectivity index (χ0) is 8.55. The molecule has 3 heteroatoms. The van der Waals surface area contributed by atoms with E-state index < -0.39 is 0 Å². The third kappa shape index (κ3) is 1.17. The zero-order valence-electron chi connectivity index (χ0n) is 7.66. The van der Waals surface area contributed by atoms with Gasteiger partial charge in [0.1, 0.15) is 0 Å². The van der Waals surface area contributed by atoms with Crippen molar-refractivity contribution in [1.82, 2.24) is 4.90 Å². The van der Waals surface area contributed by atoms with Crippen LogP contribution in [0.2, 0.25) is 0 Å². The molecule has 1 heterocycles. The third-order valence-corrected chi connectivity index (χ3v) is 3.28. The standard InChI is InChI=1S/C9H17N3/c1-11-9(10)12-5-7-3-2-4-8(7)6-12/h7-8H,2-6H2,1H3,(H2,10,11). The van der Waals surface area contributed by atoms with E-state index in [-0.39, 0.29) is 0 Å². The molecule has 0 aromatic rings. The minimum absolute atomic E-state index is 0.726. The molecule has 1 aliphatic carbocycles. The fourth-order valence-electron chi connectivity index (χ4n) is 2.56. The monoisotopic (exact) mass is 167 g/mol. The summed E-state index contributed by atoms with van der Waals surface area (Å²) in [6.45, 7) is 2.29. The van der Waals surface area contributed by atoms with Gasteiger partial charge in [-0.1, -0.05) is 6.42 Å². The number of hydrogen-bond acceptors (Lipinski definition) is 1. The predicted octanol–water partition coefficient (Wildman–Crippen LogP) is 0.663. The Hall–Kier alpha value is -0.730. The quantitative estimate of drug-likeness (QED) is 0.425. The molecular weight excluding hydrogens is 150 g/mol. The van der Waals surface area contributed by atoms with Crippen LogP contribution < -0.4 is 5.73 Å². The van der Waals surface area contributed by atoms with Gasteiger partial charge in [-0.3, -0.25) is 4.99 Å². The predicted molar refractivity (Wildman–Crippen MR) is 50.0 cm³/mol. The van der Waals surface area contributed by atoms with Crippen LogP contribution in [0.1, 0.15) is 19.3 Å². The molecule has 2 N–H and O–H groups in total. The van der Waals surface area contributed by atoms with E-state index in [0.717, 1.165) is 30.9 Å². The van der Waals surface area contributed by atoms with Gasteiger partial charge in [-0.15, -0.1) is 0 Å². The number of hydrogen-bond donors (Lipinski definition) is 1. The normalized spacial score (nSPS) is 35.8. The summed E-state index contributed by atoms with van der Waals surface area (Å²) in [5.74, 6) is 2.54. The molecule has 0 bridgehead atoms. The van der Waals surface area contributed by atoms with Gasteiger partial charge in [0.05, 0.1) is 0 Å². The first-order valence-corrected chi connectivity index (χ1v) is 4.78. The molecule has 0 amide bonds. The van der Waals surface area contributed by atoms with Crippen molar-refractivity contribution in [2.45, 2.75) is 19.3 Å². The molecule has 1 aliphatic heterocycles. The maximum atomic E-state index is 5.76. The minimum atomic E-state index is 0.726. The van der Waals surface area contributed by atoms with Gasteiger partial charge in [0.2, 0.25) is 0 Å². The number of nitrogens with zero attached hydrogens (tertiary/aromatic N) is 2. The Kier molecular flexibility index (Phi) is 1.95. The Morgan fingerprint density at radius 1 is 1.33 bits per heavy atom. The van der Waals surface area contributed by atoms with Gasteiger partial charge in [0.25, 0.3) is 0 Å². The molecule has 0 aromatic heterocycles. The van der Waals surface area contributed by atoms with Crippen molar-refractivity contribution in [2.75, 3.05) is 20.1 Å². The Bertz CT molecular complexity index is 188. The number of guanidine groups is 1. The molecule has 68 valence electrons. The molecule has 0 radical (unpaired) electrons. The molecule has 2 rings (SSSR count). The molecule has 2 aliphatic rings. The van der Waals surface area contributed by atoms with E-state index in [9.17, 15) is 0 Å². The highest BCUT2D eigenvalue weighted by Crippen LogP contribution is 2.37. The molecule has 12 heavy (non-hydrogen) atoms. The van der Waals surface area contributed by atoms with Crippen LogP contribution in [0.25, 0.3) is 0 Å². The average Bonchev–Trinajstić information content (AvgIpc) is 2.60. The summed E-state index contributed by atoms with van der Waals surface area (Å²) >= 11 is 0. The fourth-order valence-corrected chi connectivity index (χ4v) is 2.56. The molecule has 2 atom stereocenters. The zero-order valence-corrected chi connectivity index (χ0v) is 7.66. The van der Waals surface area contributed by atoms with E-state index in [0.29, 0.717) is 0 Å². The van der Waals surface area contributed by atoms with Crippen LogP contribution >= 0.6 is 0 Å². The molecule has 2 unspecified atom stereocenters. The summed E-state index contributed by atoms with van der Waals surface area (Å²) in [7, 11) is 1.77. The van der Waals surface area contributed by atoms with Crippen molar-refractivity contribution in [1.29, 1.82) is 0 Å². The highest BCUT2D eigenvalue weighted by atomic mass is 15.3. The van der Waals surface area contributed by atoms with Crippen LogP contribution in [0.5, 0.6) is 0 Å². The van der Waals surface area contributed by atoms with E-state index in [1.165, 1.54) is 19.3 Å². The Morgan fingerprint density at radius 3 is 2.42 bits per heavy atom. The van der Waals surface area contributed by atoms with Crippen molar-refractivity contribution in [2.24, 2.45) is 22.6 Å². The topological polar surface area (TPSA) is 41.6 Å². The minimum Gasteiger partial charge on any atom is -0.370 e. The fraction of sp³-hybridized carbons (Fsp3) is 0.889. The van der Waals surface area contributed by atoms with Crippen LogP contribution in [-0.2, 0) is 0 Å². The van der Waals surface area contributed by atoms with E-state index in [1.54, 1.807) is 7.05 Å². The highest BCUT2D eigenvalue weighted by Gasteiger charge is 2.36. The summed E-state index contributed by atoms with van der Waals surface area (Å²) in [6.07, 6.45) is 4.22. The summed E-state index contributed by atoms with van der Waals surface area (Å²) in [6, 6.07) is 0. The average molecular weight is 167 g/mol. The Labute approximate surface area is 73.6 Å². The Morgan fingerprint density at radius 2 is 1.92 bits per heavy atom. The molecule has 0 spiro atoms. The van der Waals surface area contributed by atoms with Crippen LogP contribution in [0.3, 0.4) is 0 Å². The van der Waals surface area contributed by atoms with Crippen LogP contribution in [0, 0.1) is 11.8 Å². The number of aliphatic imine (C=N–C) groups is 1. The van der Waals surface area contributed by atoms with Gasteiger partial charge in [-0.2, -0.15) is 0 Å². The van der Waals surface area contributed by atoms with Gasteiger partial charge < -0.3 is 10.6 Å². The lowest BCUT2D eigenvalue weighted by Crippen LogP contribution is -2.35. The molecule has 2 fully saturated rings. The second-order valence-corrected chi connectivity index (χ2v) is 3.94. The summed E-state index contributed by atoms with van der Waals surface area (Å²) in [5, 5.41) is 0. The van der Waals surface area contributed by atoms with Crippen molar-refractivity contribution < 1.29 is 0 Å². The van der Waals surface area contributed by atoms with E-state index in [2.05, 4.69) is 9.89 Å². The number of fused-ring (bicyclic) bond motifs is 1. The lowest BCUT2D eigenvalue weighted by Gasteiger charge is -2.17. The number of likely N-dealkylation sites (tertiary alicyclic amines) is 1. The summed E-state index contributed by atoms with van der Waals surface area (Å²) < 4.78 is 0. The van der Waals surface area contributed by atoms with Crippen LogP contribution in [0.4, 0.5) is 0 Å². The third-order valence-electron chi connectivity index (χ3n) is 3.28. The molecule has 1 saturated heterocycles. The number of rotatable bonds is 0. The summed E-state index contributed by atoms with van der Waals surface area (Å²) in [5.41, 5.74) is 5.76. The van der Waals surface area contributed by atoms with Gasteiger partial charge in [0, 0.05) is 20.1 Å². The van der Waals surface area contributed by atoms with Crippen LogP contribution in [-0.4, -0.2) is 31.0 Å². The number of nitrogens with two attached hydrogens (primary N) is 1. The van der Waals surface area contributed by atoms with E-state index in [4.69, 9.17) is 5.73 Å². The highest BCUT2D eigenvalue weighted by molar-refractivity contribution is 5.78. The molecule has 0 aromatic carbocycles. The largest absolute Gasteiger partial charge is 0.370 e. The maximum Gasteiger partial charge on any atom is 0.190 e. The first-order valence-electron chi connectivity index (χ1n) is 4.78. The van der Waals surface area contributed by atoms with Crippen LogP contribution in [0.15, 0.2) is 4.99 Å². The summed E-state index contributed by atoms with van der Waals surface area (Å²) in [4.78, 5) is 6.25. The molecular formula is C9H17N3. The maximum absolute atomic E-state index is 5.76. The lowest BCUT2D eigenvalue weighted by atomic mass is 10.0. The van der Waals surface area contributed by atoms with Gasteiger partial charge in [-0.05, 0) is 24.7 Å². The second kappa shape index (κ2) is 2.96. The van der Waals surface area contributed by atoms with Gasteiger partial charge >= 0.3 is 0 Å². The van der Waals surface area contributed by atoms with Crippen molar-refractivity contribution in [3.05, 3.63) is 0 Å². The van der Waals surface area contributed by atoms with Gasteiger partial charge in [0.15, 0.2) is 5.96 Å². The van der Waals surface area contributed by atoms with Crippen molar-refractivity contribution >= 4 is 5.96 Å². The Balaban J connectivity index is 1.99. The molecule has 1 saturated carbocycles. The molecule has 3 nitrogen and oxygen atoms in total. The first-order chi connectivity index (χ1) is 5.81. The smallest absolute Gasteiger partial charge is 0.190 e. The first kappa shape index (κ1) is 7.90. The lowest BCUT2D eigenvalue weighted by molar-refractivity contribution is 0.459. The van der Waals surface area contributed by atoms with Crippen molar-refractivity contribution in [3.63, 3.8) is 0 Å². The second-order valence-electron chi connectivity index (χ2n) is 3.94. The van der Waals surface area contributed by atoms with E-state index >= 15 is 0 Å². The SMILES string of the molecule is CN=C(N)N1CC2CCCC2C1. The van der Waals surface area contributed by atoms with Crippen molar-refractivity contribution in [3.8, 4) is 0 Å². The van der Waals surface area contributed by atoms with Gasteiger partial charge in [-0.25, -0.2) is 0 Å².